The summed E-state index contributed by atoms with van der Waals surface area (Å²) in [5.74, 6) is 1.74. The van der Waals surface area contributed by atoms with E-state index in [1.807, 2.05) is 6.92 Å². The Balaban J connectivity index is 2.02. The maximum atomic E-state index is 11.3. The first-order chi connectivity index (χ1) is 9.56. The number of aromatic nitrogens is 2. The van der Waals surface area contributed by atoms with Crippen LogP contribution in [0.5, 0.6) is 0 Å². The highest BCUT2D eigenvalue weighted by atomic mass is 32.2. The molecule has 4 nitrogen and oxygen atoms in total. The molecule has 1 N–H and O–H groups in total. The maximum Gasteiger partial charge on any atom is 0.203 e. The van der Waals surface area contributed by atoms with Gasteiger partial charge in [0.1, 0.15) is 0 Å². The van der Waals surface area contributed by atoms with E-state index in [1.165, 1.54) is 32.1 Å². The van der Waals surface area contributed by atoms with Crippen LogP contribution in [0.1, 0.15) is 57.2 Å². The van der Waals surface area contributed by atoms with Gasteiger partial charge in [-0.2, -0.15) is 0 Å². The number of nitrogens with one attached hydrogen (secondary N) is 1. The summed E-state index contributed by atoms with van der Waals surface area (Å²) in [4.78, 5) is 4.63. The molecule has 1 saturated carbocycles. The minimum absolute atomic E-state index is 0.339. The summed E-state index contributed by atoms with van der Waals surface area (Å²) in [7, 11) is -0.720. The van der Waals surface area contributed by atoms with E-state index >= 15 is 0 Å². The lowest BCUT2D eigenvalue weighted by Gasteiger charge is -2.25. The van der Waals surface area contributed by atoms with Gasteiger partial charge in [-0.25, -0.2) is 4.98 Å². The summed E-state index contributed by atoms with van der Waals surface area (Å²) in [6, 6.07) is 0.906. The Morgan fingerprint density at radius 1 is 1.45 bits per heavy atom. The summed E-state index contributed by atoms with van der Waals surface area (Å²) in [5.41, 5.74) is 1.05. The molecule has 0 saturated heterocycles. The molecule has 2 atom stereocenters. The van der Waals surface area contributed by atoms with Crippen LogP contribution in [0.4, 0.5) is 5.95 Å². The molecule has 0 radical (unpaired) electrons. The van der Waals surface area contributed by atoms with E-state index in [-0.39, 0.29) is 0 Å². The molecule has 20 heavy (non-hydrogen) atoms. The van der Waals surface area contributed by atoms with Gasteiger partial charge < -0.3 is 9.88 Å². The van der Waals surface area contributed by atoms with Crippen LogP contribution in [0.2, 0.25) is 0 Å². The van der Waals surface area contributed by atoms with Crippen LogP contribution < -0.4 is 5.32 Å². The van der Waals surface area contributed by atoms with Crippen LogP contribution in [0.15, 0.2) is 6.20 Å². The second kappa shape index (κ2) is 7.25. The zero-order valence-corrected chi connectivity index (χ0v) is 13.7. The third kappa shape index (κ3) is 4.33. The van der Waals surface area contributed by atoms with Crippen molar-refractivity contribution in [2.45, 2.75) is 64.5 Å². The average molecular weight is 297 g/mol. The predicted molar refractivity (Wildman–Crippen MR) is 85.7 cm³/mol. The van der Waals surface area contributed by atoms with Crippen molar-refractivity contribution in [3.05, 3.63) is 11.9 Å². The SMILES string of the molecule is Cc1cn(C(C)CCS(C)=O)c(NC2CCCCC2)n1. The van der Waals surface area contributed by atoms with Gasteiger partial charge in [-0.15, -0.1) is 0 Å². The van der Waals surface area contributed by atoms with Gasteiger partial charge >= 0.3 is 0 Å². The third-order valence-electron chi connectivity index (χ3n) is 4.09. The topological polar surface area (TPSA) is 46.9 Å². The molecule has 0 aliphatic heterocycles. The van der Waals surface area contributed by atoms with E-state index < -0.39 is 10.8 Å². The van der Waals surface area contributed by atoms with Crippen molar-refractivity contribution in [1.29, 1.82) is 0 Å². The number of imidazole rings is 1. The monoisotopic (exact) mass is 297 g/mol. The second-order valence-corrected chi connectivity index (χ2v) is 7.56. The van der Waals surface area contributed by atoms with Crippen molar-refractivity contribution in [2.24, 2.45) is 0 Å². The number of nitrogens with zero attached hydrogens (tertiary/aromatic N) is 2. The second-order valence-electron chi connectivity index (χ2n) is 6.01. The Morgan fingerprint density at radius 2 is 2.15 bits per heavy atom. The molecular weight excluding hydrogens is 270 g/mol. The summed E-state index contributed by atoms with van der Waals surface area (Å²) in [5, 5.41) is 3.61. The molecule has 2 unspecified atom stereocenters. The maximum absolute atomic E-state index is 11.3. The molecule has 0 amide bonds. The average Bonchev–Trinajstić information content (AvgIpc) is 2.78. The highest BCUT2D eigenvalue weighted by molar-refractivity contribution is 7.84. The summed E-state index contributed by atoms with van der Waals surface area (Å²) >= 11 is 0. The fraction of sp³-hybridized carbons (Fsp3) is 0.800. The number of hydrogen-bond donors (Lipinski definition) is 1. The fourth-order valence-electron chi connectivity index (χ4n) is 2.86. The van der Waals surface area contributed by atoms with Gasteiger partial charge in [-0.05, 0) is 33.1 Å². The van der Waals surface area contributed by atoms with Crippen LogP contribution in [0.25, 0.3) is 0 Å². The van der Waals surface area contributed by atoms with Gasteiger partial charge in [0.15, 0.2) is 0 Å². The van der Waals surface area contributed by atoms with Gasteiger partial charge in [-0.1, -0.05) is 19.3 Å². The molecule has 0 bridgehead atoms. The van der Waals surface area contributed by atoms with Crippen LogP contribution in [-0.4, -0.2) is 31.8 Å². The molecule has 5 heteroatoms. The first kappa shape index (κ1) is 15.5. The third-order valence-corrected chi connectivity index (χ3v) is 4.90. The van der Waals surface area contributed by atoms with Crippen molar-refractivity contribution < 1.29 is 4.21 Å². The van der Waals surface area contributed by atoms with Crippen molar-refractivity contribution in [3.8, 4) is 0 Å². The molecule has 1 aromatic rings. The molecule has 1 aliphatic rings. The summed E-state index contributed by atoms with van der Waals surface area (Å²) in [6.07, 6.45) is 11.3. The smallest absolute Gasteiger partial charge is 0.203 e. The van der Waals surface area contributed by atoms with Gasteiger partial charge in [0.05, 0.1) is 5.69 Å². The molecule has 0 spiro atoms. The lowest BCUT2D eigenvalue weighted by atomic mass is 9.96. The van der Waals surface area contributed by atoms with E-state index in [2.05, 4.69) is 28.0 Å². The molecule has 1 aromatic heterocycles. The number of rotatable bonds is 6. The highest BCUT2D eigenvalue weighted by Crippen LogP contribution is 2.24. The standard InChI is InChI=1S/C15H27N3OS/c1-12-11-18(13(2)9-10-20(3)19)15(16-12)17-14-7-5-4-6-8-14/h11,13-14H,4-10H2,1-3H3,(H,16,17). The van der Waals surface area contributed by atoms with E-state index in [0.717, 1.165) is 23.8 Å². The first-order valence-corrected chi connectivity index (χ1v) is 9.41. The molecule has 1 fully saturated rings. The van der Waals surface area contributed by atoms with Crippen LogP contribution >= 0.6 is 0 Å². The van der Waals surface area contributed by atoms with Crippen molar-refractivity contribution in [3.63, 3.8) is 0 Å². The van der Waals surface area contributed by atoms with Crippen LogP contribution in [0, 0.1) is 6.92 Å². The van der Waals surface area contributed by atoms with E-state index in [9.17, 15) is 4.21 Å². The highest BCUT2D eigenvalue weighted by Gasteiger charge is 2.18. The minimum atomic E-state index is -0.720. The zero-order valence-electron chi connectivity index (χ0n) is 12.9. The predicted octanol–water partition coefficient (Wildman–Crippen LogP) is 3.27. The van der Waals surface area contributed by atoms with Crippen molar-refractivity contribution in [2.75, 3.05) is 17.3 Å². The largest absolute Gasteiger partial charge is 0.353 e. The summed E-state index contributed by atoms with van der Waals surface area (Å²) in [6.45, 7) is 4.22. The van der Waals surface area contributed by atoms with Crippen LogP contribution in [0.3, 0.4) is 0 Å². The molecule has 114 valence electrons. The first-order valence-electron chi connectivity index (χ1n) is 7.68. The number of hydrogen-bond acceptors (Lipinski definition) is 3. The molecule has 1 heterocycles. The summed E-state index contributed by atoms with van der Waals surface area (Å²) < 4.78 is 13.5. The Kier molecular flexibility index (Phi) is 5.64. The number of anilines is 1. The van der Waals surface area contributed by atoms with E-state index in [0.29, 0.717) is 12.1 Å². The lowest BCUT2D eigenvalue weighted by molar-refractivity contribution is 0.454. The van der Waals surface area contributed by atoms with Crippen molar-refractivity contribution >= 4 is 16.7 Å². The van der Waals surface area contributed by atoms with Gasteiger partial charge in [0, 0.05) is 41.1 Å². The van der Waals surface area contributed by atoms with Gasteiger partial charge in [-0.3, -0.25) is 4.21 Å². The van der Waals surface area contributed by atoms with Gasteiger partial charge in [0.25, 0.3) is 0 Å². The lowest BCUT2D eigenvalue weighted by Crippen LogP contribution is -2.25. The normalized spacial score (nSPS) is 19.8. The minimum Gasteiger partial charge on any atom is -0.353 e. The zero-order chi connectivity index (χ0) is 14.5. The van der Waals surface area contributed by atoms with E-state index in [4.69, 9.17) is 0 Å². The Labute approximate surface area is 124 Å². The van der Waals surface area contributed by atoms with E-state index in [1.54, 1.807) is 6.26 Å². The number of aryl methyl sites for hydroxylation is 1. The van der Waals surface area contributed by atoms with Gasteiger partial charge in [0.2, 0.25) is 5.95 Å². The van der Waals surface area contributed by atoms with Crippen molar-refractivity contribution in [1.82, 2.24) is 9.55 Å². The molecule has 0 aromatic carbocycles. The molecular formula is C15H27N3OS. The molecule has 1 aliphatic carbocycles. The van der Waals surface area contributed by atoms with Crippen LogP contribution in [-0.2, 0) is 10.8 Å². The Morgan fingerprint density at radius 3 is 2.80 bits per heavy atom. The Bertz CT molecular complexity index is 452. The fourth-order valence-corrected chi connectivity index (χ4v) is 3.54. The quantitative estimate of drug-likeness (QED) is 0.876. The Hall–Kier alpha value is -0.840. The molecule has 2 rings (SSSR count).